The number of benzene rings is 2. The number of halogens is 1. The van der Waals surface area contributed by atoms with Crippen LogP contribution in [-0.4, -0.2) is 33.5 Å². The standard InChI is InChI=1S/C17H17BrN2O4/c1-22-14-7-5-13(18)8-12(14)10-19-20-17(21)11-4-6-15(23-2)16(9-11)24-3/h4-10H,1-3H3,(H,20,21)/b19-10+. The monoisotopic (exact) mass is 392 g/mol. The second-order valence-electron chi connectivity index (χ2n) is 4.66. The molecule has 2 aromatic rings. The third-order valence-corrected chi connectivity index (χ3v) is 3.70. The van der Waals surface area contributed by atoms with Gasteiger partial charge >= 0.3 is 0 Å². The van der Waals surface area contributed by atoms with Crippen molar-refractivity contribution in [3.05, 3.63) is 52.0 Å². The Hall–Kier alpha value is -2.54. The second-order valence-corrected chi connectivity index (χ2v) is 5.57. The molecule has 7 heteroatoms. The van der Waals surface area contributed by atoms with Crippen LogP contribution in [0.4, 0.5) is 0 Å². The summed E-state index contributed by atoms with van der Waals surface area (Å²) in [4.78, 5) is 12.2. The molecule has 0 unspecified atom stereocenters. The minimum Gasteiger partial charge on any atom is -0.496 e. The smallest absolute Gasteiger partial charge is 0.271 e. The fourth-order valence-corrected chi connectivity index (χ4v) is 2.39. The third-order valence-electron chi connectivity index (χ3n) is 3.21. The Morgan fingerprint density at radius 3 is 2.33 bits per heavy atom. The third kappa shape index (κ3) is 4.26. The zero-order valence-electron chi connectivity index (χ0n) is 13.5. The summed E-state index contributed by atoms with van der Waals surface area (Å²) in [6.07, 6.45) is 1.52. The maximum atomic E-state index is 12.2. The summed E-state index contributed by atoms with van der Waals surface area (Å²) in [6.45, 7) is 0. The lowest BCUT2D eigenvalue weighted by molar-refractivity contribution is 0.0954. The van der Waals surface area contributed by atoms with Crippen molar-refractivity contribution in [2.24, 2.45) is 5.10 Å². The Bertz CT molecular complexity index is 762. The lowest BCUT2D eigenvalue weighted by Gasteiger charge is -2.08. The van der Waals surface area contributed by atoms with Crippen molar-refractivity contribution in [3.8, 4) is 17.2 Å². The zero-order chi connectivity index (χ0) is 17.5. The summed E-state index contributed by atoms with van der Waals surface area (Å²) in [7, 11) is 4.62. The molecular formula is C17H17BrN2O4. The average Bonchev–Trinajstić information content (AvgIpc) is 2.61. The van der Waals surface area contributed by atoms with Gasteiger partial charge in [-0.1, -0.05) is 15.9 Å². The van der Waals surface area contributed by atoms with Gasteiger partial charge in [0.15, 0.2) is 11.5 Å². The van der Waals surface area contributed by atoms with Crippen molar-refractivity contribution in [2.45, 2.75) is 0 Å². The van der Waals surface area contributed by atoms with Gasteiger partial charge < -0.3 is 14.2 Å². The molecule has 6 nitrogen and oxygen atoms in total. The van der Waals surface area contributed by atoms with Crippen LogP contribution >= 0.6 is 15.9 Å². The molecule has 0 radical (unpaired) electrons. The van der Waals surface area contributed by atoms with Gasteiger partial charge in [0.1, 0.15) is 5.75 Å². The number of carbonyl (C=O) groups is 1. The number of nitrogens with one attached hydrogen (secondary N) is 1. The highest BCUT2D eigenvalue weighted by atomic mass is 79.9. The predicted molar refractivity (Wildman–Crippen MR) is 95.3 cm³/mol. The zero-order valence-corrected chi connectivity index (χ0v) is 15.1. The van der Waals surface area contributed by atoms with Gasteiger partial charge in [0.05, 0.1) is 27.5 Å². The highest BCUT2D eigenvalue weighted by Gasteiger charge is 2.10. The second kappa shape index (κ2) is 8.35. The Labute approximate surface area is 148 Å². The van der Waals surface area contributed by atoms with E-state index in [1.165, 1.54) is 20.4 Å². The summed E-state index contributed by atoms with van der Waals surface area (Å²) in [5, 5.41) is 3.97. The van der Waals surface area contributed by atoms with Crippen molar-refractivity contribution in [1.82, 2.24) is 5.43 Å². The first-order chi connectivity index (χ1) is 11.6. The fourth-order valence-electron chi connectivity index (χ4n) is 2.01. The van der Waals surface area contributed by atoms with E-state index in [4.69, 9.17) is 14.2 Å². The number of hydrogen-bond acceptors (Lipinski definition) is 5. The molecule has 1 N–H and O–H groups in total. The maximum absolute atomic E-state index is 12.2. The van der Waals surface area contributed by atoms with Crippen LogP contribution in [0.2, 0.25) is 0 Å². The molecule has 0 fully saturated rings. The molecule has 0 bridgehead atoms. The Morgan fingerprint density at radius 1 is 1.00 bits per heavy atom. The number of nitrogens with zero attached hydrogens (tertiary/aromatic N) is 1. The van der Waals surface area contributed by atoms with Crippen molar-refractivity contribution >= 4 is 28.1 Å². The van der Waals surface area contributed by atoms with E-state index in [0.29, 0.717) is 22.8 Å². The molecule has 0 aromatic heterocycles. The summed E-state index contributed by atoms with van der Waals surface area (Å²) in [5.41, 5.74) is 3.61. The van der Waals surface area contributed by atoms with Gasteiger partial charge in [-0.05, 0) is 36.4 Å². The summed E-state index contributed by atoms with van der Waals surface area (Å²) in [6, 6.07) is 10.4. The first-order valence-corrected chi connectivity index (χ1v) is 7.77. The first kappa shape index (κ1) is 17.8. The topological polar surface area (TPSA) is 69.2 Å². The molecule has 0 aliphatic carbocycles. The highest BCUT2D eigenvalue weighted by molar-refractivity contribution is 9.10. The normalized spacial score (nSPS) is 10.5. The quantitative estimate of drug-likeness (QED) is 0.605. The summed E-state index contributed by atoms with van der Waals surface area (Å²) < 4.78 is 16.4. The van der Waals surface area contributed by atoms with Gasteiger partial charge in [-0.3, -0.25) is 4.79 Å². The Morgan fingerprint density at radius 2 is 1.67 bits per heavy atom. The number of methoxy groups -OCH3 is 3. The highest BCUT2D eigenvalue weighted by Crippen LogP contribution is 2.27. The van der Waals surface area contributed by atoms with Crippen LogP contribution in [0.3, 0.4) is 0 Å². The number of hydrazone groups is 1. The Balaban J connectivity index is 2.12. The Kier molecular flexibility index (Phi) is 6.20. The lowest BCUT2D eigenvalue weighted by Crippen LogP contribution is -2.17. The molecule has 2 rings (SSSR count). The fraction of sp³-hybridized carbons (Fsp3) is 0.176. The van der Waals surface area contributed by atoms with Crippen LogP contribution in [0, 0.1) is 0 Å². The van der Waals surface area contributed by atoms with Crippen molar-refractivity contribution in [1.29, 1.82) is 0 Å². The molecule has 126 valence electrons. The van der Waals surface area contributed by atoms with E-state index < -0.39 is 0 Å². The molecule has 2 aromatic carbocycles. The van der Waals surface area contributed by atoms with E-state index in [1.807, 2.05) is 18.2 Å². The van der Waals surface area contributed by atoms with E-state index in [-0.39, 0.29) is 5.91 Å². The summed E-state index contributed by atoms with van der Waals surface area (Å²) in [5.74, 6) is 1.32. The van der Waals surface area contributed by atoms with Gasteiger partial charge in [-0.25, -0.2) is 5.43 Å². The van der Waals surface area contributed by atoms with Gasteiger partial charge in [0.2, 0.25) is 0 Å². The van der Waals surface area contributed by atoms with E-state index >= 15 is 0 Å². The molecule has 0 saturated heterocycles. The van der Waals surface area contributed by atoms with Crippen LogP contribution in [-0.2, 0) is 0 Å². The van der Waals surface area contributed by atoms with E-state index in [9.17, 15) is 4.79 Å². The molecule has 0 aliphatic heterocycles. The first-order valence-electron chi connectivity index (χ1n) is 6.98. The van der Waals surface area contributed by atoms with E-state index in [0.717, 1.165) is 10.0 Å². The molecule has 0 spiro atoms. The maximum Gasteiger partial charge on any atom is 0.271 e. The van der Waals surface area contributed by atoms with Crippen LogP contribution < -0.4 is 19.6 Å². The van der Waals surface area contributed by atoms with Gasteiger partial charge in [-0.2, -0.15) is 5.10 Å². The van der Waals surface area contributed by atoms with E-state index in [1.54, 1.807) is 25.3 Å². The number of carbonyl (C=O) groups excluding carboxylic acids is 1. The molecule has 1 amide bonds. The number of hydrogen-bond donors (Lipinski definition) is 1. The molecule has 24 heavy (non-hydrogen) atoms. The van der Waals surface area contributed by atoms with Crippen LogP contribution in [0.5, 0.6) is 17.2 Å². The minimum absolute atomic E-state index is 0.360. The van der Waals surface area contributed by atoms with Crippen LogP contribution in [0.1, 0.15) is 15.9 Å². The minimum atomic E-state index is -0.360. The van der Waals surface area contributed by atoms with Crippen molar-refractivity contribution in [2.75, 3.05) is 21.3 Å². The number of amides is 1. The molecule has 0 heterocycles. The predicted octanol–water partition coefficient (Wildman–Crippen LogP) is 3.24. The molecule has 0 saturated carbocycles. The van der Waals surface area contributed by atoms with Crippen molar-refractivity contribution < 1.29 is 19.0 Å². The van der Waals surface area contributed by atoms with Crippen LogP contribution in [0.15, 0.2) is 46.0 Å². The lowest BCUT2D eigenvalue weighted by atomic mass is 10.2. The van der Waals surface area contributed by atoms with Crippen LogP contribution in [0.25, 0.3) is 0 Å². The molecular weight excluding hydrogens is 376 g/mol. The van der Waals surface area contributed by atoms with E-state index in [2.05, 4.69) is 26.5 Å². The molecule has 0 aliphatic rings. The number of ether oxygens (including phenoxy) is 3. The SMILES string of the molecule is COc1ccc(Br)cc1/C=N/NC(=O)c1ccc(OC)c(OC)c1. The van der Waals surface area contributed by atoms with Gasteiger partial charge in [0.25, 0.3) is 5.91 Å². The summed E-state index contributed by atoms with van der Waals surface area (Å²) >= 11 is 3.38. The molecule has 0 atom stereocenters. The van der Waals surface area contributed by atoms with Crippen molar-refractivity contribution in [3.63, 3.8) is 0 Å². The van der Waals surface area contributed by atoms with Gasteiger partial charge in [-0.15, -0.1) is 0 Å². The number of rotatable bonds is 6. The largest absolute Gasteiger partial charge is 0.496 e. The average molecular weight is 393 g/mol. The van der Waals surface area contributed by atoms with Gasteiger partial charge in [0, 0.05) is 15.6 Å².